The average Bonchev–Trinajstić information content (AvgIpc) is 3.05. The molecule has 1 N–H and O–H groups in total. The first-order valence-corrected chi connectivity index (χ1v) is 9.50. The molecular formula is C16H24N4O4S. The van der Waals surface area contributed by atoms with Crippen LogP contribution in [0.4, 0.5) is 0 Å². The summed E-state index contributed by atoms with van der Waals surface area (Å²) in [5, 5.41) is 10.2. The van der Waals surface area contributed by atoms with E-state index in [1.54, 1.807) is 10.9 Å². The number of rotatable bonds is 11. The molecule has 0 aliphatic rings. The van der Waals surface area contributed by atoms with Crippen molar-refractivity contribution in [2.75, 3.05) is 19.5 Å². The van der Waals surface area contributed by atoms with Crippen molar-refractivity contribution in [3.8, 4) is 0 Å². The van der Waals surface area contributed by atoms with Gasteiger partial charge in [0.25, 0.3) is 0 Å². The SMILES string of the molecule is CCCCCC(=O)OCC(CO)OCn1cnc2c(SC)ncnc21. The normalized spacial score (nSPS) is 12.4. The molecule has 0 bridgehead atoms. The van der Waals surface area contributed by atoms with Gasteiger partial charge in [0, 0.05) is 6.42 Å². The van der Waals surface area contributed by atoms with E-state index in [0.717, 1.165) is 24.3 Å². The minimum absolute atomic E-state index is 0.0269. The van der Waals surface area contributed by atoms with Crippen molar-refractivity contribution in [2.45, 2.75) is 50.5 Å². The predicted molar refractivity (Wildman–Crippen MR) is 94.2 cm³/mol. The summed E-state index contributed by atoms with van der Waals surface area (Å²) in [5.74, 6) is -0.263. The van der Waals surface area contributed by atoms with Crippen molar-refractivity contribution < 1.29 is 19.4 Å². The van der Waals surface area contributed by atoms with Crippen LogP contribution >= 0.6 is 11.8 Å². The molecule has 0 saturated carbocycles. The molecule has 0 radical (unpaired) electrons. The molecule has 1 unspecified atom stereocenters. The van der Waals surface area contributed by atoms with Gasteiger partial charge < -0.3 is 14.6 Å². The number of fused-ring (bicyclic) bond motifs is 1. The fraction of sp³-hybridized carbons (Fsp3) is 0.625. The first-order chi connectivity index (χ1) is 12.2. The van der Waals surface area contributed by atoms with Gasteiger partial charge in [-0.25, -0.2) is 15.0 Å². The van der Waals surface area contributed by atoms with Gasteiger partial charge in [-0.05, 0) is 12.7 Å². The summed E-state index contributed by atoms with van der Waals surface area (Å²) < 4.78 is 12.5. The standard InChI is InChI=1S/C16H24N4O4S/c1-3-4-5-6-13(22)23-8-12(7-21)24-11-20-10-19-14-15(20)17-9-18-16(14)25-2/h9-10,12,21H,3-8,11H2,1-2H3. The Bertz CT molecular complexity index is 679. The van der Waals surface area contributed by atoms with Crippen LogP contribution in [-0.4, -0.2) is 56.2 Å². The number of aromatic nitrogens is 4. The molecule has 0 aliphatic carbocycles. The van der Waals surface area contributed by atoms with E-state index in [1.807, 2.05) is 6.26 Å². The number of aliphatic hydroxyl groups excluding tert-OH is 1. The smallest absolute Gasteiger partial charge is 0.305 e. The second-order valence-electron chi connectivity index (χ2n) is 5.51. The zero-order chi connectivity index (χ0) is 18.1. The van der Waals surface area contributed by atoms with E-state index < -0.39 is 6.10 Å². The van der Waals surface area contributed by atoms with E-state index in [4.69, 9.17) is 9.47 Å². The highest BCUT2D eigenvalue weighted by atomic mass is 32.2. The summed E-state index contributed by atoms with van der Waals surface area (Å²) in [5.41, 5.74) is 1.37. The fourth-order valence-electron chi connectivity index (χ4n) is 2.22. The zero-order valence-electron chi connectivity index (χ0n) is 14.6. The Labute approximate surface area is 151 Å². The molecule has 2 heterocycles. The Hall–Kier alpha value is -1.71. The highest BCUT2D eigenvalue weighted by Gasteiger charge is 2.14. The lowest BCUT2D eigenvalue weighted by atomic mass is 10.2. The predicted octanol–water partition coefficient (Wildman–Crippen LogP) is 2.01. The number of imidazole rings is 1. The monoisotopic (exact) mass is 368 g/mol. The maximum absolute atomic E-state index is 11.6. The average molecular weight is 368 g/mol. The van der Waals surface area contributed by atoms with Crippen LogP contribution in [0, 0.1) is 0 Å². The number of carbonyl (C=O) groups is 1. The quantitative estimate of drug-likeness (QED) is 0.278. The Morgan fingerprint density at radius 3 is 2.92 bits per heavy atom. The fourth-order valence-corrected chi connectivity index (χ4v) is 2.71. The van der Waals surface area contributed by atoms with Gasteiger partial charge in [0.1, 0.15) is 36.3 Å². The number of carbonyl (C=O) groups excluding carboxylic acids is 1. The maximum Gasteiger partial charge on any atom is 0.305 e. The van der Waals surface area contributed by atoms with Crippen LogP contribution in [0.1, 0.15) is 32.6 Å². The zero-order valence-corrected chi connectivity index (χ0v) is 15.4. The lowest BCUT2D eigenvalue weighted by Crippen LogP contribution is -2.26. The minimum atomic E-state index is -0.588. The van der Waals surface area contributed by atoms with Crippen LogP contribution < -0.4 is 0 Å². The molecule has 0 aliphatic heterocycles. The van der Waals surface area contributed by atoms with Gasteiger partial charge in [0.2, 0.25) is 0 Å². The lowest BCUT2D eigenvalue weighted by molar-refractivity contribution is -0.150. The Kier molecular flexibility index (Phi) is 8.10. The molecular weight excluding hydrogens is 344 g/mol. The summed E-state index contributed by atoms with van der Waals surface area (Å²) in [6.07, 6.45) is 7.70. The lowest BCUT2D eigenvalue weighted by Gasteiger charge is -2.16. The minimum Gasteiger partial charge on any atom is -0.463 e. The number of ether oxygens (including phenoxy) is 2. The molecule has 2 rings (SSSR count). The van der Waals surface area contributed by atoms with Crippen molar-refractivity contribution in [1.82, 2.24) is 19.5 Å². The van der Waals surface area contributed by atoms with Crippen molar-refractivity contribution in [2.24, 2.45) is 0 Å². The number of nitrogens with zero attached hydrogens (tertiary/aromatic N) is 4. The van der Waals surface area contributed by atoms with Crippen molar-refractivity contribution in [3.63, 3.8) is 0 Å². The Balaban J connectivity index is 1.85. The first kappa shape index (κ1) is 19.6. The third-order valence-electron chi connectivity index (χ3n) is 3.63. The number of hydrogen-bond donors (Lipinski definition) is 1. The van der Waals surface area contributed by atoms with Gasteiger partial charge in [-0.3, -0.25) is 9.36 Å². The molecule has 1 atom stereocenters. The van der Waals surface area contributed by atoms with Crippen LogP contribution in [0.3, 0.4) is 0 Å². The molecule has 0 fully saturated rings. The van der Waals surface area contributed by atoms with Crippen molar-refractivity contribution in [1.29, 1.82) is 0 Å². The number of esters is 1. The van der Waals surface area contributed by atoms with Crippen molar-refractivity contribution in [3.05, 3.63) is 12.7 Å². The largest absolute Gasteiger partial charge is 0.463 e. The van der Waals surface area contributed by atoms with Gasteiger partial charge in [0.15, 0.2) is 5.65 Å². The summed E-state index contributed by atoms with van der Waals surface area (Å²) >= 11 is 1.49. The van der Waals surface area contributed by atoms with Crippen molar-refractivity contribution >= 4 is 28.9 Å². The van der Waals surface area contributed by atoms with Crippen LogP contribution in [0.15, 0.2) is 17.7 Å². The van der Waals surface area contributed by atoms with E-state index in [-0.39, 0.29) is 25.9 Å². The topological polar surface area (TPSA) is 99.4 Å². The maximum atomic E-state index is 11.6. The molecule has 0 amide bonds. The number of aliphatic hydroxyl groups is 1. The van der Waals surface area contributed by atoms with Gasteiger partial charge in [-0.2, -0.15) is 0 Å². The number of unbranched alkanes of at least 4 members (excludes halogenated alkanes) is 2. The summed E-state index contributed by atoms with van der Waals surface area (Å²) in [6, 6.07) is 0. The molecule has 9 heteroatoms. The van der Waals surface area contributed by atoms with Crippen LogP contribution in [0.2, 0.25) is 0 Å². The summed E-state index contributed by atoms with van der Waals surface area (Å²) in [6.45, 7) is 2.02. The molecule has 8 nitrogen and oxygen atoms in total. The molecule has 138 valence electrons. The molecule has 0 spiro atoms. The Morgan fingerprint density at radius 2 is 2.20 bits per heavy atom. The van der Waals surface area contributed by atoms with E-state index in [2.05, 4.69) is 21.9 Å². The highest BCUT2D eigenvalue weighted by molar-refractivity contribution is 7.98. The highest BCUT2D eigenvalue weighted by Crippen LogP contribution is 2.20. The second-order valence-corrected chi connectivity index (χ2v) is 6.30. The Morgan fingerprint density at radius 1 is 1.36 bits per heavy atom. The van der Waals surface area contributed by atoms with Gasteiger partial charge in [-0.1, -0.05) is 19.8 Å². The van der Waals surface area contributed by atoms with E-state index >= 15 is 0 Å². The van der Waals surface area contributed by atoms with Crippen LogP contribution in [-0.2, 0) is 21.0 Å². The van der Waals surface area contributed by atoms with E-state index in [1.165, 1.54) is 18.1 Å². The molecule has 0 aromatic carbocycles. The number of hydrogen-bond acceptors (Lipinski definition) is 8. The summed E-state index contributed by atoms with van der Waals surface area (Å²) in [7, 11) is 0. The van der Waals surface area contributed by atoms with Gasteiger partial charge >= 0.3 is 5.97 Å². The van der Waals surface area contributed by atoms with E-state index in [0.29, 0.717) is 17.6 Å². The van der Waals surface area contributed by atoms with Gasteiger partial charge in [-0.15, -0.1) is 11.8 Å². The van der Waals surface area contributed by atoms with Crippen LogP contribution in [0.5, 0.6) is 0 Å². The van der Waals surface area contributed by atoms with E-state index in [9.17, 15) is 9.90 Å². The molecule has 2 aromatic heterocycles. The third-order valence-corrected chi connectivity index (χ3v) is 4.31. The summed E-state index contributed by atoms with van der Waals surface area (Å²) in [4.78, 5) is 24.3. The molecule has 25 heavy (non-hydrogen) atoms. The second kappa shape index (κ2) is 10.3. The molecule has 0 saturated heterocycles. The van der Waals surface area contributed by atoms with Crippen LogP contribution in [0.25, 0.3) is 11.2 Å². The molecule has 2 aromatic rings. The third kappa shape index (κ3) is 5.65. The van der Waals surface area contributed by atoms with Gasteiger partial charge in [0.05, 0.1) is 12.9 Å². The number of thioether (sulfide) groups is 1. The first-order valence-electron chi connectivity index (χ1n) is 8.27.